The average molecular weight is 391 g/mol. The molecule has 0 atom stereocenters. The van der Waals surface area contributed by atoms with Crippen molar-refractivity contribution in [2.75, 3.05) is 5.32 Å². The van der Waals surface area contributed by atoms with Gasteiger partial charge in [-0.2, -0.15) is 5.10 Å². The Kier molecular flexibility index (Phi) is 4.61. The Hall–Kier alpha value is -3.22. The van der Waals surface area contributed by atoms with E-state index in [0.717, 1.165) is 24.1 Å². The maximum Gasteiger partial charge on any atom is 0.273 e. The third-order valence-electron chi connectivity index (χ3n) is 4.86. The van der Waals surface area contributed by atoms with E-state index in [1.807, 2.05) is 45.0 Å². The average Bonchev–Trinajstić information content (AvgIpc) is 3.38. The molecule has 1 fully saturated rings. The summed E-state index contributed by atoms with van der Waals surface area (Å²) in [5, 5.41) is 7.66. The maximum atomic E-state index is 13.0. The Morgan fingerprint density at radius 1 is 1.21 bits per heavy atom. The van der Waals surface area contributed by atoms with Crippen LogP contribution in [0.1, 0.15) is 61.4 Å². The molecule has 3 aromatic rings. The Balaban J connectivity index is 1.63. The third-order valence-corrected chi connectivity index (χ3v) is 4.86. The number of aryl methyl sites for hydroxylation is 1. The lowest BCUT2D eigenvalue weighted by Gasteiger charge is -2.22. The number of H-pyrrole nitrogens is 1. The lowest BCUT2D eigenvalue weighted by atomic mass is 10.1. The van der Waals surface area contributed by atoms with Crippen LogP contribution in [0.25, 0.3) is 11.4 Å². The van der Waals surface area contributed by atoms with Crippen molar-refractivity contribution in [2.24, 2.45) is 0 Å². The SMILES string of the molecule is Cc1cc(=O)[nH]c(-c2cccc(NC(=O)c3cc(C4CC4)nn3C(C)(C)C)c2)n1. The number of carbonyl (C=O) groups excluding carboxylic acids is 1. The fourth-order valence-electron chi connectivity index (χ4n) is 3.31. The molecule has 2 heterocycles. The lowest BCUT2D eigenvalue weighted by molar-refractivity contribution is 0.100. The van der Waals surface area contributed by atoms with Gasteiger partial charge in [0.25, 0.3) is 11.5 Å². The second kappa shape index (κ2) is 6.99. The molecule has 1 aliphatic rings. The van der Waals surface area contributed by atoms with Crippen LogP contribution in [-0.2, 0) is 5.54 Å². The van der Waals surface area contributed by atoms with E-state index in [1.54, 1.807) is 17.7 Å². The molecule has 0 unspecified atom stereocenters. The van der Waals surface area contributed by atoms with Gasteiger partial charge in [0.2, 0.25) is 0 Å². The highest BCUT2D eigenvalue weighted by atomic mass is 16.2. The molecule has 2 N–H and O–H groups in total. The summed E-state index contributed by atoms with van der Waals surface area (Å²) in [5.74, 6) is 0.738. The van der Waals surface area contributed by atoms with Gasteiger partial charge in [0, 0.05) is 28.9 Å². The van der Waals surface area contributed by atoms with Crippen molar-refractivity contribution in [1.82, 2.24) is 19.7 Å². The van der Waals surface area contributed by atoms with Gasteiger partial charge in [0.1, 0.15) is 11.5 Å². The van der Waals surface area contributed by atoms with Gasteiger partial charge in [-0.25, -0.2) is 4.98 Å². The van der Waals surface area contributed by atoms with Crippen LogP contribution < -0.4 is 10.9 Å². The van der Waals surface area contributed by atoms with Gasteiger partial charge in [-0.3, -0.25) is 14.3 Å². The predicted molar refractivity (Wildman–Crippen MR) is 112 cm³/mol. The number of nitrogens with one attached hydrogen (secondary N) is 2. The van der Waals surface area contributed by atoms with Crippen LogP contribution in [0.15, 0.2) is 41.2 Å². The zero-order chi connectivity index (χ0) is 20.8. The minimum atomic E-state index is -0.299. The van der Waals surface area contributed by atoms with Crippen LogP contribution in [0, 0.1) is 6.92 Å². The van der Waals surface area contributed by atoms with Gasteiger partial charge < -0.3 is 10.3 Å². The molecule has 1 saturated carbocycles. The second-order valence-corrected chi connectivity index (χ2v) is 8.58. The van der Waals surface area contributed by atoms with Gasteiger partial charge in [-0.1, -0.05) is 12.1 Å². The molecule has 0 bridgehead atoms. The first-order valence-corrected chi connectivity index (χ1v) is 9.81. The molecule has 1 aliphatic carbocycles. The number of rotatable bonds is 4. The van der Waals surface area contributed by atoms with Gasteiger partial charge in [0.05, 0.1) is 11.2 Å². The van der Waals surface area contributed by atoms with Crippen LogP contribution in [0.3, 0.4) is 0 Å². The predicted octanol–water partition coefficient (Wildman–Crippen LogP) is 3.83. The smallest absolute Gasteiger partial charge is 0.273 e. The van der Waals surface area contributed by atoms with Crippen molar-refractivity contribution >= 4 is 11.6 Å². The highest BCUT2D eigenvalue weighted by Gasteiger charge is 2.31. The topological polar surface area (TPSA) is 92.7 Å². The fourth-order valence-corrected chi connectivity index (χ4v) is 3.31. The van der Waals surface area contributed by atoms with Crippen LogP contribution in [0.2, 0.25) is 0 Å². The highest BCUT2D eigenvalue weighted by molar-refractivity contribution is 6.03. The summed E-state index contributed by atoms with van der Waals surface area (Å²) in [7, 11) is 0. The number of nitrogens with zero attached hydrogens (tertiary/aromatic N) is 3. The molecule has 4 rings (SSSR count). The summed E-state index contributed by atoms with van der Waals surface area (Å²) in [5.41, 5.74) is 3.03. The zero-order valence-electron chi connectivity index (χ0n) is 17.1. The Labute approximate surface area is 169 Å². The lowest BCUT2D eigenvalue weighted by Crippen LogP contribution is -2.29. The molecule has 0 radical (unpaired) electrons. The monoisotopic (exact) mass is 391 g/mol. The first kappa shape index (κ1) is 19.1. The van der Waals surface area contributed by atoms with E-state index in [4.69, 9.17) is 5.10 Å². The molecule has 0 aliphatic heterocycles. The van der Waals surface area contributed by atoms with E-state index in [2.05, 4.69) is 15.3 Å². The van der Waals surface area contributed by atoms with E-state index in [-0.39, 0.29) is 17.0 Å². The molecule has 0 saturated heterocycles. The number of aromatic nitrogens is 4. The normalized spacial score (nSPS) is 14.1. The van der Waals surface area contributed by atoms with Crippen molar-refractivity contribution in [3.8, 4) is 11.4 Å². The standard InChI is InChI=1S/C22H25N5O2/c1-13-10-19(28)25-20(23-13)15-6-5-7-16(11-15)24-21(29)18-12-17(14-8-9-14)26-27(18)22(2,3)4/h5-7,10-12,14H,8-9H2,1-4H3,(H,24,29)(H,23,25,28). The molecule has 7 heteroatoms. The minimum Gasteiger partial charge on any atom is -0.321 e. The summed E-state index contributed by atoms with van der Waals surface area (Å²) < 4.78 is 1.80. The molecule has 1 amide bonds. The van der Waals surface area contributed by atoms with Gasteiger partial charge in [-0.05, 0) is 58.7 Å². The summed E-state index contributed by atoms with van der Waals surface area (Å²) >= 11 is 0. The van der Waals surface area contributed by atoms with Crippen LogP contribution in [0.4, 0.5) is 5.69 Å². The number of benzene rings is 1. The van der Waals surface area contributed by atoms with Gasteiger partial charge >= 0.3 is 0 Å². The molecule has 29 heavy (non-hydrogen) atoms. The second-order valence-electron chi connectivity index (χ2n) is 8.58. The van der Waals surface area contributed by atoms with Crippen LogP contribution >= 0.6 is 0 Å². The first-order valence-electron chi connectivity index (χ1n) is 9.81. The molecule has 150 valence electrons. The highest BCUT2D eigenvalue weighted by Crippen LogP contribution is 2.40. The van der Waals surface area contributed by atoms with Crippen LogP contribution in [-0.4, -0.2) is 25.7 Å². The first-order chi connectivity index (χ1) is 13.7. The van der Waals surface area contributed by atoms with Crippen molar-refractivity contribution in [3.63, 3.8) is 0 Å². The molecule has 1 aromatic carbocycles. The summed E-state index contributed by atoms with van der Waals surface area (Å²) in [4.78, 5) is 31.9. The Morgan fingerprint density at radius 2 is 1.97 bits per heavy atom. The molecular weight excluding hydrogens is 366 g/mol. The number of anilines is 1. The number of amides is 1. The van der Waals surface area contributed by atoms with E-state index in [1.165, 1.54) is 6.07 Å². The fraction of sp³-hybridized carbons (Fsp3) is 0.364. The molecule has 7 nitrogen and oxygen atoms in total. The van der Waals surface area contributed by atoms with Crippen molar-refractivity contribution < 1.29 is 4.79 Å². The number of carbonyl (C=O) groups is 1. The summed E-state index contributed by atoms with van der Waals surface area (Å²) in [6.45, 7) is 7.88. The van der Waals surface area contributed by atoms with Crippen molar-refractivity contribution in [2.45, 2.75) is 52.0 Å². The van der Waals surface area contributed by atoms with E-state index >= 15 is 0 Å². The van der Waals surface area contributed by atoms with Crippen molar-refractivity contribution in [1.29, 1.82) is 0 Å². The van der Waals surface area contributed by atoms with Gasteiger partial charge in [-0.15, -0.1) is 0 Å². The Bertz CT molecular complexity index is 1130. The molecular formula is C22H25N5O2. The molecule has 0 spiro atoms. The van der Waals surface area contributed by atoms with E-state index < -0.39 is 0 Å². The maximum absolute atomic E-state index is 13.0. The number of hydrogen-bond acceptors (Lipinski definition) is 4. The van der Waals surface area contributed by atoms with E-state index in [9.17, 15) is 9.59 Å². The van der Waals surface area contributed by atoms with E-state index in [0.29, 0.717) is 28.8 Å². The van der Waals surface area contributed by atoms with Crippen LogP contribution in [0.5, 0.6) is 0 Å². The van der Waals surface area contributed by atoms with Gasteiger partial charge in [0.15, 0.2) is 0 Å². The Morgan fingerprint density at radius 3 is 2.62 bits per heavy atom. The minimum absolute atomic E-state index is 0.205. The number of aromatic amines is 1. The summed E-state index contributed by atoms with van der Waals surface area (Å²) in [6, 6.07) is 10.6. The summed E-state index contributed by atoms with van der Waals surface area (Å²) in [6.07, 6.45) is 2.26. The molecule has 2 aromatic heterocycles. The zero-order valence-corrected chi connectivity index (χ0v) is 17.1. The number of hydrogen-bond donors (Lipinski definition) is 2. The third kappa shape index (κ3) is 4.13. The van der Waals surface area contributed by atoms with Crippen molar-refractivity contribution in [3.05, 3.63) is 63.8 Å². The largest absolute Gasteiger partial charge is 0.321 e. The quantitative estimate of drug-likeness (QED) is 0.707.